The first-order valence-corrected chi connectivity index (χ1v) is 6.08. The minimum absolute atomic E-state index is 0.803. The first kappa shape index (κ1) is 9.44. The Bertz CT molecular complexity index is 223. The summed E-state index contributed by atoms with van der Waals surface area (Å²) in [6.07, 6.45) is 0.803. The summed E-state index contributed by atoms with van der Waals surface area (Å²) in [6.45, 7) is 0. The van der Waals surface area contributed by atoms with Crippen molar-refractivity contribution in [3.63, 3.8) is 0 Å². The van der Waals surface area contributed by atoms with Crippen LogP contribution < -0.4 is 10.9 Å². The molecule has 0 saturated heterocycles. The molecule has 0 aliphatic carbocycles. The minimum atomic E-state index is -1.03. The van der Waals surface area contributed by atoms with E-state index in [9.17, 15) is 0 Å². The molecule has 0 amide bonds. The van der Waals surface area contributed by atoms with E-state index >= 15 is 0 Å². The van der Waals surface area contributed by atoms with Crippen LogP contribution in [-0.4, -0.2) is 33.8 Å². The summed E-state index contributed by atoms with van der Waals surface area (Å²) >= 11 is 0. The van der Waals surface area contributed by atoms with Gasteiger partial charge in [0.2, 0.25) is 0 Å². The van der Waals surface area contributed by atoms with Crippen LogP contribution in [0.25, 0.3) is 0 Å². The van der Waals surface area contributed by atoms with E-state index < -0.39 is 8.96 Å². The van der Waals surface area contributed by atoms with Gasteiger partial charge in [0.25, 0.3) is 0 Å². The summed E-state index contributed by atoms with van der Waals surface area (Å²) in [5, 5.41) is 1.42. The largest absolute Gasteiger partial charge is 0.332 e. The molecule has 3 heteroatoms. The summed E-state index contributed by atoms with van der Waals surface area (Å²) in [7, 11) is 3.18. The molecule has 0 radical (unpaired) electrons. The van der Waals surface area contributed by atoms with Gasteiger partial charge in [0, 0.05) is 6.17 Å². The van der Waals surface area contributed by atoms with Gasteiger partial charge in [-0.2, -0.15) is 0 Å². The van der Waals surface area contributed by atoms with Gasteiger partial charge in [0.1, 0.15) is 0 Å². The van der Waals surface area contributed by atoms with E-state index in [1.165, 1.54) is 5.19 Å². The van der Waals surface area contributed by atoms with E-state index in [2.05, 4.69) is 42.9 Å². The molecule has 66 valence electrons. The molecule has 2 nitrogen and oxygen atoms in total. The zero-order chi connectivity index (χ0) is 8.97. The van der Waals surface area contributed by atoms with Crippen LogP contribution in [0, 0.1) is 0 Å². The highest BCUT2D eigenvalue weighted by atomic mass is 28.3. The van der Waals surface area contributed by atoms with E-state index in [0.717, 1.165) is 6.17 Å². The third kappa shape index (κ3) is 2.17. The van der Waals surface area contributed by atoms with Crippen molar-refractivity contribution in [1.82, 2.24) is 4.57 Å². The van der Waals surface area contributed by atoms with E-state index in [1.807, 2.05) is 6.07 Å². The van der Waals surface area contributed by atoms with Gasteiger partial charge in [0.15, 0.2) is 8.96 Å². The van der Waals surface area contributed by atoms with Crippen molar-refractivity contribution in [2.45, 2.75) is 0 Å². The quantitative estimate of drug-likeness (QED) is 0.646. The fraction of sp³-hybridized carbons (Fsp3) is 0.333. The monoisotopic (exact) mass is 180 g/mol. The van der Waals surface area contributed by atoms with Gasteiger partial charge >= 0.3 is 0 Å². The molecule has 0 fully saturated rings. The number of hydrogen-bond donors (Lipinski definition) is 1. The zero-order valence-corrected chi connectivity index (χ0v) is 8.85. The average molecular weight is 180 g/mol. The highest BCUT2D eigenvalue weighted by Crippen LogP contribution is 1.89. The maximum absolute atomic E-state index is 5.73. The molecule has 0 saturated carbocycles. The molecule has 1 unspecified atom stereocenters. The lowest BCUT2D eigenvalue weighted by Crippen LogP contribution is -2.49. The summed E-state index contributed by atoms with van der Waals surface area (Å²) in [6, 6.07) is 10.5. The summed E-state index contributed by atoms with van der Waals surface area (Å²) in [4.78, 5) is 0. The molecule has 0 heterocycles. The molecule has 0 aromatic heterocycles. The van der Waals surface area contributed by atoms with Gasteiger partial charge in [-0.25, -0.2) is 0 Å². The van der Waals surface area contributed by atoms with E-state index in [0.29, 0.717) is 0 Å². The van der Waals surface area contributed by atoms with Crippen LogP contribution in [0.1, 0.15) is 0 Å². The predicted octanol–water partition coefficient (Wildman–Crippen LogP) is -0.323. The molecule has 1 atom stereocenters. The molecular formula is C9H16N2Si. The van der Waals surface area contributed by atoms with E-state index in [4.69, 9.17) is 5.73 Å². The molecule has 2 N–H and O–H groups in total. The second kappa shape index (κ2) is 4.40. The van der Waals surface area contributed by atoms with Crippen molar-refractivity contribution in [3.05, 3.63) is 30.3 Å². The van der Waals surface area contributed by atoms with Crippen molar-refractivity contribution in [3.8, 4) is 0 Å². The minimum Gasteiger partial charge on any atom is -0.332 e. The maximum atomic E-state index is 5.73. The second-order valence-corrected chi connectivity index (χ2v) is 6.33. The fourth-order valence-electron chi connectivity index (χ4n) is 1.32. The number of hydrogen-bond acceptors (Lipinski definition) is 2. The van der Waals surface area contributed by atoms with Crippen LogP contribution in [0.15, 0.2) is 30.3 Å². The predicted molar refractivity (Wildman–Crippen MR) is 56.0 cm³/mol. The number of benzene rings is 1. The molecule has 0 aliphatic rings. The lowest BCUT2D eigenvalue weighted by molar-refractivity contribution is 0.646. The molecule has 0 spiro atoms. The third-order valence-electron chi connectivity index (χ3n) is 2.03. The molecule has 0 aliphatic heterocycles. The summed E-state index contributed by atoms with van der Waals surface area (Å²) in [5.41, 5.74) is 5.73. The molecule has 1 rings (SSSR count). The Kier molecular flexibility index (Phi) is 3.46. The molecule has 12 heavy (non-hydrogen) atoms. The second-order valence-electron chi connectivity index (χ2n) is 3.13. The number of rotatable bonds is 3. The Hall–Kier alpha value is -0.643. The zero-order valence-electron chi connectivity index (χ0n) is 7.70. The van der Waals surface area contributed by atoms with Crippen LogP contribution in [0.2, 0.25) is 0 Å². The van der Waals surface area contributed by atoms with Gasteiger partial charge in [-0.15, -0.1) is 0 Å². The summed E-state index contributed by atoms with van der Waals surface area (Å²) in [5.74, 6) is 0. The Morgan fingerprint density at radius 2 is 1.83 bits per heavy atom. The van der Waals surface area contributed by atoms with E-state index in [-0.39, 0.29) is 0 Å². The van der Waals surface area contributed by atoms with Crippen molar-refractivity contribution in [2.75, 3.05) is 20.3 Å². The Balaban J connectivity index is 2.80. The normalized spacial score (nSPS) is 13.3. The Labute approximate surface area is 75.7 Å². The molecule has 1 aromatic rings. The van der Waals surface area contributed by atoms with Crippen LogP contribution in [-0.2, 0) is 0 Å². The average Bonchev–Trinajstić information content (AvgIpc) is 2.07. The van der Waals surface area contributed by atoms with Crippen molar-refractivity contribution >= 4 is 14.1 Å². The maximum Gasteiger partial charge on any atom is 0.156 e. The lowest BCUT2D eigenvalue weighted by atomic mass is 10.4. The lowest BCUT2D eigenvalue weighted by Gasteiger charge is -2.20. The Morgan fingerprint density at radius 3 is 2.25 bits per heavy atom. The SMILES string of the molecule is CN(C)[SiH](CN)c1ccccc1. The van der Waals surface area contributed by atoms with Crippen molar-refractivity contribution in [1.29, 1.82) is 0 Å². The third-order valence-corrected chi connectivity index (χ3v) is 4.88. The topological polar surface area (TPSA) is 29.3 Å². The van der Waals surface area contributed by atoms with Crippen molar-refractivity contribution < 1.29 is 0 Å². The van der Waals surface area contributed by atoms with Crippen LogP contribution in [0.5, 0.6) is 0 Å². The van der Waals surface area contributed by atoms with Crippen LogP contribution in [0.3, 0.4) is 0 Å². The van der Waals surface area contributed by atoms with Gasteiger partial charge < -0.3 is 10.3 Å². The van der Waals surface area contributed by atoms with Crippen LogP contribution in [0.4, 0.5) is 0 Å². The first-order chi connectivity index (χ1) is 5.75. The van der Waals surface area contributed by atoms with Crippen molar-refractivity contribution in [2.24, 2.45) is 5.73 Å². The van der Waals surface area contributed by atoms with E-state index in [1.54, 1.807) is 0 Å². The first-order valence-electron chi connectivity index (χ1n) is 4.17. The van der Waals surface area contributed by atoms with Crippen LogP contribution >= 0.6 is 0 Å². The van der Waals surface area contributed by atoms with Gasteiger partial charge in [0.05, 0.1) is 0 Å². The van der Waals surface area contributed by atoms with Gasteiger partial charge in [-0.1, -0.05) is 30.3 Å². The fourth-order valence-corrected chi connectivity index (χ4v) is 3.28. The highest BCUT2D eigenvalue weighted by molar-refractivity contribution is 6.70. The van der Waals surface area contributed by atoms with Gasteiger partial charge in [-0.3, -0.25) is 0 Å². The smallest absolute Gasteiger partial charge is 0.156 e. The number of nitrogens with two attached hydrogens (primary N) is 1. The Morgan fingerprint density at radius 1 is 1.25 bits per heavy atom. The molecular weight excluding hydrogens is 164 g/mol. The number of nitrogens with zero attached hydrogens (tertiary/aromatic N) is 1. The summed E-state index contributed by atoms with van der Waals surface area (Å²) < 4.78 is 2.27. The molecule has 1 aromatic carbocycles. The molecule has 0 bridgehead atoms. The standard InChI is InChI=1S/C9H16N2Si/c1-11(2)12(8-10)9-6-4-3-5-7-9/h3-7,12H,8,10H2,1-2H3. The van der Waals surface area contributed by atoms with Gasteiger partial charge in [-0.05, 0) is 19.3 Å². The highest BCUT2D eigenvalue weighted by Gasteiger charge is 2.12.